The van der Waals surface area contributed by atoms with Crippen LogP contribution in [0.5, 0.6) is 0 Å². The van der Waals surface area contributed by atoms with Gasteiger partial charge < -0.3 is 6.22 Å². The van der Waals surface area contributed by atoms with E-state index in [0.29, 0.717) is 0 Å². The van der Waals surface area contributed by atoms with E-state index in [1.807, 2.05) is 6.79 Å². The van der Waals surface area contributed by atoms with Crippen LogP contribution in [0.4, 0.5) is 0 Å². The second kappa shape index (κ2) is 25.9. The molecule has 0 saturated carbocycles. The molecule has 0 amide bonds. The van der Waals surface area contributed by atoms with Crippen LogP contribution < -0.4 is 47.7 Å². The molecule has 60 heavy (non-hydrogen) atoms. The number of hydrogen-bond acceptors (Lipinski definition) is 1. The average Bonchev–Trinajstić information content (AvgIpc) is 3.34. The molecule has 9 aromatic rings. The summed E-state index contributed by atoms with van der Waals surface area (Å²) in [6.45, 7) is 2.00. The fourth-order valence-corrected chi connectivity index (χ4v) is 13.5. The first-order chi connectivity index (χ1) is 29.3. The topological polar surface area (TPSA) is 17.1 Å². The smallest absolute Gasteiger partial charge is 1.00 e. The van der Waals surface area contributed by atoms with Crippen molar-refractivity contribution in [3.8, 4) is 0 Å². The molecule has 0 aliphatic carbocycles. The number of hydrogen-bond donors (Lipinski definition) is 0. The Hall–Kier alpha value is -5.44. The van der Waals surface area contributed by atoms with E-state index < -0.39 is 23.8 Å². The Kier molecular flexibility index (Phi) is 19.7. The first-order valence-electron chi connectivity index (χ1n) is 19.5. The van der Waals surface area contributed by atoms with Crippen LogP contribution in [-0.2, 0) is 24.3 Å². The van der Waals surface area contributed by atoms with E-state index in [4.69, 9.17) is 4.79 Å². The maximum absolute atomic E-state index is 8.00. The Balaban J connectivity index is 0.000000194. The summed E-state index contributed by atoms with van der Waals surface area (Å²) < 4.78 is 0. The normalized spacial score (nSPS) is 10.1. The summed E-state index contributed by atoms with van der Waals surface area (Å²) >= 11 is 0. The van der Waals surface area contributed by atoms with Crippen LogP contribution in [0.2, 0.25) is 0 Å². The fourth-order valence-electron chi connectivity index (χ4n) is 6.54. The molecule has 9 aromatic carbocycles. The maximum Gasteiger partial charge on any atom is 1.00 e. The van der Waals surface area contributed by atoms with E-state index in [9.17, 15) is 0 Å². The summed E-state index contributed by atoms with van der Waals surface area (Å²) in [6, 6.07) is 97.0. The Morgan fingerprint density at radius 2 is 0.283 bits per heavy atom. The Morgan fingerprint density at radius 1 is 0.200 bits per heavy atom. The largest absolute Gasteiger partial charge is 1.00 e. The van der Waals surface area contributed by atoms with Crippen molar-refractivity contribution in [3.63, 3.8) is 0 Å². The Labute approximate surface area is 374 Å². The second-order valence-corrected chi connectivity index (χ2v) is 19.7. The molecule has 9 rings (SSSR count). The molecule has 1 nitrogen and oxygen atoms in total. The fraction of sp³-hybridized carbons (Fsp3) is 0. The van der Waals surface area contributed by atoms with Gasteiger partial charge in [-0.1, -0.05) is 273 Å². The van der Waals surface area contributed by atoms with Crippen LogP contribution in [0, 0.1) is 0 Å². The summed E-state index contributed by atoms with van der Waals surface area (Å²) in [5.74, 6) is 0. The van der Waals surface area contributed by atoms with Crippen LogP contribution in [-0.4, -0.2) is 6.79 Å². The standard InChI is InChI=1S/3C18H15P.CH2O.Rh.H/c3*1-4-10-16(11-5-1)19(17-12-6-2-7-13-17)18-14-8-3-9-15-18;1-2;;/h3*1-15H;1H2;;/q;;;;+1;-1. The van der Waals surface area contributed by atoms with E-state index in [1.165, 1.54) is 47.7 Å². The number of benzene rings is 9. The third-order valence-corrected chi connectivity index (χ3v) is 16.5. The van der Waals surface area contributed by atoms with Crippen molar-refractivity contribution in [2.45, 2.75) is 0 Å². The molecule has 0 fully saturated rings. The zero-order valence-electron chi connectivity index (χ0n) is 34.3. The van der Waals surface area contributed by atoms with Gasteiger partial charge in [-0.25, -0.2) is 0 Å². The minimum atomic E-state index is -0.446. The molecular weight excluding hydrogens is 872 g/mol. The Morgan fingerprint density at radius 3 is 0.367 bits per heavy atom. The van der Waals surface area contributed by atoms with Crippen molar-refractivity contribution in [3.05, 3.63) is 273 Å². The van der Waals surface area contributed by atoms with Crippen LogP contribution >= 0.6 is 23.8 Å². The molecule has 0 bridgehead atoms. The van der Waals surface area contributed by atoms with Gasteiger partial charge in [-0.05, 0) is 71.5 Å². The van der Waals surface area contributed by atoms with Gasteiger partial charge in [0.2, 0.25) is 0 Å². The number of rotatable bonds is 9. The first-order valence-corrected chi connectivity index (χ1v) is 23.5. The molecule has 0 aliphatic rings. The molecule has 0 spiro atoms. The molecule has 0 heterocycles. The third-order valence-electron chi connectivity index (χ3n) is 9.13. The minimum Gasteiger partial charge on any atom is -1.00 e. The van der Waals surface area contributed by atoms with Gasteiger partial charge in [-0.2, -0.15) is 0 Å². The molecular formula is C55H48OP3Rh. The van der Waals surface area contributed by atoms with Crippen molar-refractivity contribution in [1.82, 2.24) is 0 Å². The molecule has 0 saturated heterocycles. The van der Waals surface area contributed by atoms with Gasteiger partial charge in [-0.3, -0.25) is 0 Å². The Bertz CT molecular complexity index is 1890. The average molecular weight is 921 g/mol. The van der Waals surface area contributed by atoms with Gasteiger partial charge in [0.1, 0.15) is 6.79 Å². The van der Waals surface area contributed by atoms with E-state index in [1.54, 1.807) is 0 Å². The molecule has 0 unspecified atom stereocenters. The second-order valence-electron chi connectivity index (χ2n) is 13.0. The zero-order chi connectivity index (χ0) is 40.7. The van der Waals surface area contributed by atoms with Gasteiger partial charge in [0, 0.05) is 0 Å². The van der Waals surface area contributed by atoms with Gasteiger partial charge in [0.25, 0.3) is 0 Å². The van der Waals surface area contributed by atoms with Crippen LogP contribution in [0.1, 0.15) is 1.43 Å². The predicted octanol–water partition coefficient (Wildman–Crippen LogP) is 10.3. The number of carbonyl (C=O) groups excluding carboxylic acids is 1. The van der Waals surface area contributed by atoms with E-state index in [2.05, 4.69) is 273 Å². The molecule has 0 aliphatic heterocycles. The monoisotopic (exact) mass is 920 g/mol. The van der Waals surface area contributed by atoms with Crippen molar-refractivity contribution in [2.24, 2.45) is 0 Å². The van der Waals surface area contributed by atoms with Gasteiger partial charge in [0.15, 0.2) is 0 Å². The van der Waals surface area contributed by atoms with Crippen molar-refractivity contribution in [2.75, 3.05) is 0 Å². The van der Waals surface area contributed by atoms with Crippen LogP contribution in [0.25, 0.3) is 0 Å². The number of carbonyl (C=O) groups is 1. The molecule has 0 N–H and O–H groups in total. The van der Waals surface area contributed by atoms with E-state index in [0.717, 1.165) is 0 Å². The SMILES string of the molecule is C=O.[H-].[Rh+].c1ccc(P(c2ccccc2)c2ccccc2)cc1.c1ccc(P(c2ccccc2)c2ccccc2)cc1.c1ccc(P(c2ccccc2)c2ccccc2)cc1. The van der Waals surface area contributed by atoms with E-state index >= 15 is 0 Å². The van der Waals surface area contributed by atoms with E-state index in [-0.39, 0.29) is 20.9 Å². The minimum absolute atomic E-state index is 0. The predicted molar refractivity (Wildman–Crippen MR) is 264 cm³/mol. The first kappa shape index (κ1) is 45.6. The summed E-state index contributed by atoms with van der Waals surface area (Å²) in [7, 11) is -1.34. The summed E-state index contributed by atoms with van der Waals surface area (Å²) in [4.78, 5) is 8.00. The molecule has 0 aromatic heterocycles. The van der Waals surface area contributed by atoms with Gasteiger partial charge in [-0.15, -0.1) is 0 Å². The molecule has 0 radical (unpaired) electrons. The molecule has 0 atom stereocenters. The van der Waals surface area contributed by atoms with Crippen molar-refractivity contribution in [1.29, 1.82) is 0 Å². The van der Waals surface area contributed by atoms with Gasteiger partial charge in [0.05, 0.1) is 0 Å². The quantitative estimate of drug-likeness (QED) is 0.104. The van der Waals surface area contributed by atoms with Gasteiger partial charge >= 0.3 is 19.5 Å². The van der Waals surface area contributed by atoms with Crippen LogP contribution in [0.3, 0.4) is 0 Å². The molecule has 298 valence electrons. The van der Waals surface area contributed by atoms with Crippen molar-refractivity contribution < 1.29 is 25.7 Å². The maximum atomic E-state index is 8.00. The summed E-state index contributed by atoms with van der Waals surface area (Å²) in [5.41, 5.74) is 0. The van der Waals surface area contributed by atoms with Crippen LogP contribution in [0.15, 0.2) is 273 Å². The zero-order valence-corrected chi connectivity index (χ0v) is 37.6. The van der Waals surface area contributed by atoms with Crippen molar-refractivity contribution >= 4 is 78.3 Å². The molecule has 5 heteroatoms. The summed E-state index contributed by atoms with van der Waals surface area (Å²) in [6.07, 6.45) is 0. The third kappa shape index (κ3) is 13.3. The summed E-state index contributed by atoms with van der Waals surface area (Å²) in [5, 5.41) is 12.6.